The SMILES string of the molecule is Cc1cccc(C)c1NC(=O)CC(C)(C)N. The third-order valence-electron chi connectivity index (χ3n) is 2.36. The molecule has 16 heavy (non-hydrogen) atoms. The highest BCUT2D eigenvalue weighted by molar-refractivity contribution is 5.92. The summed E-state index contributed by atoms with van der Waals surface area (Å²) >= 11 is 0. The van der Waals surface area contributed by atoms with Crippen LogP contribution in [0, 0.1) is 13.8 Å². The van der Waals surface area contributed by atoms with Gasteiger partial charge in [0.05, 0.1) is 0 Å². The molecule has 0 aliphatic heterocycles. The quantitative estimate of drug-likeness (QED) is 0.821. The van der Waals surface area contributed by atoms with Gasteiger partial charge in [-0.15, -0.1) is 0 Å². The predicted octanol–water partition coefficient (Wildman–Crippen LogP) is 2.37. The summed E-state index contributed by atoms with van der Waals surface area (Å²) in [7, 11) is 0. The first-order valence-corrected chi connectivity index (χ1v) is 5.44. The molecular weight excluding hydrogens is 200 g/mol. The second-order valence-electron chi connectivity index (χ2n) is 4.98. The molecule has 0 fully saturated rings. The number of rotatable bonds is 3. The smallest absolute Gasteiger partial charge is 0.226 e. The van der Waals surface area contributed by atoms with Gasteiger partial charge in [-0.05, 0) is 38.8 Å². The lowest BCUT2D eigenvalue weighted by molar-refractivity contribution is -0.117. The molecule has 1 rings (SSSR count). The van der Waals surface area contributed by atoms with Gasteiger partial charge >= 0.3 is 0 Å². The lowest BCUT2D eigenvalue weighted by Gasteiger charge is -2.18. The van der Waals surface area contributed by atoms with E-state index >= 15 is 0 Å². The Hall–Kier alpha value is -1.35. The Morgan fingerprint density at radius 1 is 1.31 bits per heavy atom. The molecule has 0 bridgehead atoms. The zero-order chi connectivity index (χ0) is 12.3. The number of para-hydroxylation sites is 1. The van der Waals surface area contributed by atoms with E-state index < -0.39 is 5.54 Å². The van der Waals surface area contributed by atoms with E-state index in [-0.39, 0.29) is 5.91 Å². The molecule has 1 amide bonds. The van der Waals surface area contributed by atoms with E-state index in [0.717, 1.165) is 16.8 Å². The fourth-order valence-electron chi connectivity index (χ4n) is 1.61. The van der Waals surface area contributed by atoms with Gasteiger partial charge in [0, 0.05) is 17.6 Å². The second kappa shape index (κ2) is 4.66. The van der Waals surface area contributed by atoms with Crippen molar-refractivity contribution >= 4 is 11.6 Å². The van der Waals surface area contributed by atoms with E-state index in [1.807, 2.05) is 45.9 Å². The minimum atomic E-state index is -0.472. The van der Waals surface area contributed by atoms with E-state index in [0.29, 0.717) is 6.42 Å². The minimum Gasteiger partial charge on any atom is -0.326 e. The van der Waals surface area contributed by atoms with Gasteiger partial charge in [0.15, 0.2) is 0 Å². The molecule has 0 aliphatic carbocycles. The van der Waals surface area contributed by atoms with Crippen LogP contribution in [0.1, 0.15) is 31.4 Å². The predicted molar refractivity (Wildman–Crippen MR) is 67.4 cm³/mol. The molecule has 0 unspecified atom stereocenters. The molecule has 0 saturated carbocycles. The summed E-state index contributed by atoms with van der Waals surface area (Å²) < 4.78 is 0. The number of nitrogens with two attached hydrogens (primary N) is 1. The van der Waals surface area contributed by atoms with Crippen LogP contribution in [-0.2, 0) is 4.79 Å². The zero-order valence-electron chi connectivity index (χ0n) is 10.4. The van der Waals surface area contributed by atoms with Crippen LogP contribution in [-0.4, -0.2) is 11.4 Å². The maximum atomic E-state index is 11.7. The van der Waals surface area contributed by atoms with Crippen molar-refractivity contribution in [2.75, 3.05) is 5.32 Å². The molecule has 0 radical (unpaired) electrons. The minimum absolute atomic E-state index is 0.0371. The molecular formula is C13H20N2O. The molecule has 1 aromatic carbocycles. The first kappa shape index (κ1) is 12.7. The van der Waals surface area contributed by atoms with Crippen LogP contribution in [0.4, 0.5) is 5.69 Å². The van der Waals surface area contributed by atoms with Gasteiger partial charge in [-0.2, -0.15) is 0 Å². The Morgan fingerprint density at radius 3 is 2.25 bits per heavy atom. The number of nitrogens with one attached hydrogen (secondary N) is 1. The standard InChI is InChI=1S/C13H20N2O/c1-9-6-5-7-10(2)12(9)15-11(16)8-13(3,4)14/h5-7H,8,14H2,1-4H3,(H,15,16). The number of hydrogen-bond donors (Lipinski definition) is 2. The van der Waals surface area contributed by atoms with E-state index in [1.165, 1.54) is 0 Å². The Bertz CT molecular complexity index is 371. The van der Waals surface area contributed by atoms with Crippen LogP contribution in [0.5, 0.6) is 0 Å². The van der Waals surface area contributed by atoms with Crippen molar-refractivity contribution in [3.63, 3.8) is 0 Å². The van der Waals surface area contributed by atoms with E-state index in [9.17, 15) is 4.79 Å². The van der Waals surface area contributed by atoms with Crippen LogP contribution >= 0.6 is 0 Å². The summed E-state index contributed by atoms with van der Waals surface area (Å²) in [5.74, 6) is -0.0371. The molecule has 3 nitrogen and oxygen atoms in total. The van der Waals surface area contributed by atoms with Crippen molar-refractivity contribution in [3.05, 3.63) is 29.3 Å². The van der Waals surface area contributed by atoms with Gasteiger partial charge < -0.3 is 11.1 Å². The fraction of sp³-hybridized carbons (Fsp3) is 0.462. The van der Waals surface area contributed by atoms with Crippen molar-refractivity contribution in [1.82, 2.24) is 0 Å². The summed E-state index contributed by atoms with van der Waals surface area (Å²) in [4.78, 5) is 11.7. The summed E-state index contributed by atoms with van der Waals surface area (Å²) in [5.41, 5.74) is 8.38. The average molecular weight is 220 g/mol. The van der Waals surface area contributed by atoms with Crippen LogP contribution < -0.4 is 11.1 Å². The molecule has 0 aliphatic rings. The first-order valence-electron chi connectivity index (χ1n) is 5.44. The molecule has 0 heterocycles. The molecule has 0 aromatic heterocycles. The van der Waals surface area contributed by atoms with Crippen molar-refractivity contribution in [1.29, 1.82) is 0 Å². The third-order valence-corrected chi connectivity index (χ3v) is 2.36. The number of anilines is 1. The van der Waals surface area contributed by atoms with Crippen molar-refractivity contribution in [3.8, 4) is 0 Å². The molecule has 3 N–H and O–H groups in total. The lowest BCUT2D eigenvalue weighted by Crippen LogP contribution is -2.36. The average Bonchev–Trinajstić information content (AvgIpc) is 2.08. The van der Waals surface area contributed by atoms with Gasteiger partial charge in [0.2, 0.25) is 5.91 Å². The number of carbonyl (C=O) groups is 1. The number of carbonyl (C=O) groups excluding carboxylic acids is 1. The molecule has 3 heteroatoms. The van der Waals surface area contributed by atoms with Crippen LogP contribution in [0.25, 0.3) is 0 Å². The van der Waals surface area contributed by atoms with Gasteiger partial charge in [-0.25, -0.2) is 0 Å². The molecule has 0 saturated heterocycles. The Morgan fingerprint density at radius 2 is 1.81 bits per heavy atom. The van der Waals surface area contributed by atoms with Gasteiger partial charge in [-0.3, -0.25) is 4.79 Å². The number of amides is 1. The third kappa shape index (κ3) is 3.66. The summed E-state index contributed by atoms with van der Waals surface area (Å²) in [6.07, 6.45) is 0.320. The summed E-state index contributed by atoms with van der Waals surface area (Å²) in [6.45, 7) is 7.65. The Balaban J connectivity index is 2.78. The normalized spacial score (nSPS) is 11.3. The maximum absolute atomic E-state index is 11.7. The second-order valence-corrected chi connectivity index (χ2v) is 4.98. The highest BCUT2D eigenvalue weighted by atomic mass is 16.1. The maximum Gasteiger partial charge on any atom is 0.226 e. The topological polar surface area (TPSA) is 55.1 Å². The number of benzene rings is 1. The van der Waals surface area contributed by atoms with E-state index in [2.05, 4.69) is 5.32 Å². The van der Waals surface area contributed by atoms with Gasteiger partial charge in [-0.1, -0.05) is 18.2 Å². The number of hydrogen-bond acceptors (Lipinski definition) is 2. The zero-order valence-corrected chi connectivity index (χ0v) is 10.4. The largest absolute Gasteiger partial charge is 0.326 e. The monoisotopic (exact) mass is 220 g/mol. The van der Waals surface area contributed by atoms with Gasteiger partial charge in [0.25, 0.3) is 0 Å². The first-order chi connectivity index (χ1) is 7.29. The van der Waals surface area contributed by atoms with Crippen molar-refractivity contribution < 1.29 is 4.79 Å². The van der Waals surface area contributed by atoms with Crippen LogP contribution in [0.15, 0.2) is 18.2 Å². The summed E-state index contributed by atoms with van der Waals surface area (Å²) in [5, 5.41) is 2.92. The molecule has 0 spiro atoms. The van der Waals surface area contributed by atoms with Crippen LogP contribution in [0.2, 0.25) is 0 Å². The van der Waals surface area contributed by atoms with Crippen molar-refractivity contribution in [2.24, 2.45) is 5.73 Å². The van der Waals surface area contributed by atoms with Crippen LogP contribution in [0.3, 0.4) is 0 Å². The Kier molecular flexibility index (Phi) is 3.70. The van der Waals surface area contributed by atoms with E-state index in [1.54, 1.807) is 0 Å². The van der Waals surface area contributed by atoms with Gasteiger partial charge in [0.1, 0.15) is 0 Å². The summed E-state index contributed by atoms with van der Waals surface area (Å²) in [6, 6.07) is 5.94. The lowest BCUT2D eigenvalue weighted by atomic mass is 10.0. The van der Waals surface area contributed by atoms with E-state index in [4.69, 9.17) is 5.73 Å². The number of aryl methyl sites for hydroxylation is 2. The highest BCUT2D eigenvalue weighted by Gasteiger charge is 2.17. The molecule has 1 aromatic rings. The fourth-order valence-corrected chi connectivity index (χ4v) is 1.61. The Labute approximate surface area is 97.0 Å². The van der Waals surface area contributed by atoms with Crippen molar-refractivity contribution in [2.45, 2.75) is 39.7 Å². The molecule has 88 valence electrons. The molecule has 0 atom stereocenters. The highest BCUT2D eigenvalue weighted by Crippen LogP contribution is 2.20.